The van der Waals surface area contributed by atoms with Gasteiger partial charge in [-0.15, -0.1) is 15.9 Å². The molecule has 0 spiro atoms. The van der Waals surface area contributed by atoms with E-state index in [1.807, 2.05) is 0 Å². The maximum absolute atomic E-state index is 5.16. The first-order valence-electron chi connectivity index (χ1n) is 3.28. The number of hydrogen-bond donors (Lipinski definition) is 6. The molecule has 68 valence electrons. The van der Waals surface area contributed by atoms with Crippen molar-refractivity contribution in [1.29, 1.82) is 0 Å². The normalized spacial score (nSPS) is 16.1. The predicted molar refractivity (Wildman–Crippen MR) is 44.2 cm³/mol. The van der Waals surface area contributed by atoms with Crippen LogP contribution in [0, 0.1) is 0 Å². The summed E-state index contributed by atoms with van der Waals surface area (Å²) in [5, 5.41) is 7.95. The van der Waals surface area contributed by atoms with Crippen LogP contribution in [0.4, 0.5) is 0 Å². The Morgan fingerprint density at radius 1 is 1.58 bits per heavy atom. The van der Waals surface area contributed by atoms with Crippen molar-refractivity contribution in [3.63, 3.8) is 0 Å². The van der Waals surface area contributed by atoms with Crippen molar-refractivity contribution in [2.45, 2.75) is 0 Å². The van der Waals surface area contributed by atoms with Gasteiger partial charge in [0.05, 0.1) is 0 Å². The number of hydrazine groups is 4. The number of hydrazone groups is 1. The molecule has 0 amide bonds. The van der Waals surface area contributed by atoms with Gasteiger partial charge in [-0.2, -0.15) is 0 Å². The van der Waals surface area contributed by atoms with Crippen LogP contribution in [0.25, 0.3) is 0 Å². The first kappa shape index (κ1) is 8.59. The molecule has 0 aromatic heterocycles. The van der Waals surface area contributed by atoms with Crippen LogP contribution < -0.4 is 33.4 Å². The molecule has 0 bridgehead atoms. The van der Waals surface area contributed by atoms with Crippen molar-refractivity contribution < 1.29 is 0 Å². The first-order chi connectivity index (χ1) is 5.80. The van der Waals surface area contributed by atoms with Crippen molar-refractivity contribution in [2.24, 2.45) is 16.8 Å². The largest absolute Gasteiger partial charge is 0.373 e. The molecule has 12 heavy (non-hydrogen) atoms. The van der Waals surface area contributed by atoms with E-state index in [-0.39, 0.29) is 0 Å². The second-order valence-corrected chi connectivity index (χ2v) is 1.99. The van der Waals surface area contributed by atoms with E-state index in [0.717, 1.165) is 5.82 Å². The molecule has 0 aromatic carbocycles. The van der Waals surface area contributed by atoms with Gasteiger partial charge in [0.15, 0.2) is 5.84 Å². The van der Waals surface area contributed by atoms with E-state index in [1.54, 1.807) is 13.1 Å². The molecule has 1 heterocycles. The molecule has 1 rings (SSSR count). The molecule has 0 radical (unpaired) electrons. The van der Waals surface area contributed by atoms with Crippen molar-refractivity contribution in [3.8, 4) is 0 Å². The van der Waals surface area contributed by atoms with Crippen LogP contribution in [0.1, 0.15) is 0 Å². The summed E-state index contributed by atoms with van der Waals surface area (Å²) in [6.45, 7) is 0. The molecule has 0 aliphatic carbocycles. The summed E-state index contributed by atoms with van der Waals surface area (Å²) in [5.41, 5.74) is 7.46. The van der Waals surface area contributed by atoms with Gasteiger partial charge in [0.1, 0.15) is 5.82 Å². The van der Waals surface area contributed by atoms with Crippen LogP contribution >= 0.6 is 0 Å². The van der Waals surface area contributed by atoms with E-state index in [0.29, 0.717) is 5.84 Å². The van der Waals surface area contributed by atoms with Gasteiger partial charge in [0.25, 0.3) is 0 Å². The Kier molecular flexibility index (Phi) is 2.69. The predicted octanol–water partition coefficient (Wildman–Crippen LogP) is -2.98. The van der Waals surface area contributed by atoms with Gasteiger partial charge >= 0.3 is 0 Å². The fraction of sp³-hybridized carbons (Fsp3) is 0.250. The molecule has 0 unspecified atom stereocenters. The number of nitrogens with one attached hydrogen (secondary N) is 4. The van der Waals surface area contributed by atoms with Crippen molar-refractivity contribution in [2.75, 3.05) is 7.05 Å². The van der Waals surface area contributed by atoms with Gasteiger partial charge in [0.2, 0.25) is 0 Å². The van der Waals surface area contributed by atoms with E-state index in [9.17, 15) is 0 Å². The molecule has 0 saturated heterocycles. The average molecular weight is 172 g/mol. The number of hydrogen-bond acceptors (Lipinski definition) is 8. The standard InChI is InChI=1S/C4H12N8/c1-7-3-2-4(8-5)10-12(9-3)11-6/h2,7,9,11H,5-6H2,1H3,(H,8,10). The lowest BCUT2D eigenvalue weighted by Crippen LogP contribution is -2.53. The second kappa shape index (κ2) is 3.76. The second-order valence-electron chi connectivity index (χ2n) is 1.99. The first-order valence-corrected chi connectivity index (χ1v) is 3.28. The van der Waals surface area contributed by atoms with Gasteiger partial charge in [0, 0.05) is 13.1 Å². The highest BCUT2D eigenvalue weighted by molar-refractivity contribution is 5.93. The zero-order chi connectivity index (χ0) is 8.97. The van der Waals surface area contributed by atoms with E-state index >= 15 is 0 Å². The molecule has 8 N–H and O–H groups in total. The Morgan fingerprint density at radius 2 is 2.33 bits per heavy atom. The summed E-state index contributed by atoms with van der Waals surface area (Å²) in [7, 11) is 1.76. The number of rotatable bonds is 2. The monoisotopic (exact) mass is 172 g/mol. The molecule has 1 aliphatic rings. The van der Waals surface area contributed by atoms with Crippen LogP contribution in [0.3, 0.4) is 0 Å². The SMILES string of the molecule is CNC1=CC(NN)=NN(NN)N1. The molecular formula is C4H12N8. The minimum Gasteiger partial charge on any atom is -0.373 e. The molecule has 1 aliphatic heterocycles. The summed E-state index contributed by atoms with van der Waals surface area (Å²) in [6, 6.07) is 0. The van der Waals surface area contributed by atoms with Gasteiger partial charge in [-0.3, -0.25) is 11.3 Å². The highest BCUT2D eigenvalue weighted by Crippen LogP contribution is 1.93. The fourth-order valence-electron chi connectivity index (χ4n) is 0.704. The summed E-state index contributed by atoms with van der Waals surface area (Å²) in [6.07, 6.45) is 1.69. The summed E-state index contributed by atoms with van der Waals surface area (Å²) >= 11 is 0. The Balaban J connectivity index is 2.70. The summed E-state index contributed by atoms with van der Waals surface area (Å²) in [5.74, 6) is 11.5. The number of nitrogens with zero attached hydrogens (tertiary/aromatic N) is 2. The summed E-state index contributed by atoms with van der Waals surface area (Å²) in [4.78, 5) is 0. The van der Waals surface area contributed by atoms with Crippen LogP contribution in [-0.2, 0) is 0 Å². The molecule has 0 saturated carbocycles. The summed E-state index contributed by atoms with van der Waals surface area (Å²) < 4.78 is 0. The topological polar surface area (TPSA) is 116 Å². The molecule has 8 heteroatoms. The van der Waals surface area contributed by atoms with E-state index in [4.69, 9.17) is 11.7 Å². The lowest BCUT2D eigenvalue weighted by atomic mass is 10.5. The molecule has 0 fully saturated rings. The third-order valence-electron chi connectivity index (χ3n) is 1.25. The van der Waals surface area contributed by atoms with Crippen molar-refractivity contribution in [1.82, 2.24) is 26.9 Å². The third kappa shape index (κ3) is 1.75. The third-order valence-corrected chi connectivity index (χ3v) is 1.25. The van der Waals surface area contributed by atoms with Gasteiger partial charge < -0.3 is 10.7 Å². The minimum absolute atomic E-state index is 0.482. The quantitative estimate of drug-likeness (QED) is 0.194. The van der Waals surface area contributed by atoms with Crippen molar-refractivity contribution in [3.05, 3.63) is 11.9 Å². The molecule has 8 nitrogen and oxygen atoms in total. The fourth-order valence-corrected chi connectivity index (χ4v) is 0.704. The van der Waals surface area contributed by atoms with Gasteiger partial charge in [-0.25, -0.2) is 5.84 Å². The lowest BCUT2D eigenvalue weighted by molar-refractivity contribution is 0.132. The van der Waals surface area contributed by atoms with Crippen LogP contribution in [-0.4, -0.2) is 18.1 Å². The lowest BCUT2D eigenvalue weighted by Gasteiger charge is -2.24. The maximum Gasteiger partial charge on any atom is 0.167 e. The average Bonchev–Trinajstić information content (AvgIpc) is 2.16. The Bertz CT molecular complexity index is 207. The Labute approximate surface area is 69.5 Å². The Hall–Kier alpha value is -1.51. The van der Waals surface area contributed by atoms with E-state index in [2.05, 4.69) is 26.8 Å². The zero-order valence-corrected chi connectivity index (χ0v) is 6.63. The minimum atomic E-state index is 0.482. The van der Waals surface area contributed by atoms with Crippen LogP contribution in [0.5, 0.6) is 0 Å². The van der Waals surface area contributed by atoms with Crippen LogP contribution in [0.2, 0.25) is 0 Å². The van der Waals surface area contributed by atoms with Crippen LogP contribution in [0.15, 0.2) is 17.0 Å². The van der Waals surface area contributed by atoms with E-state index in [1.165, 1.54) is 5.23 Å². The van der Waals surface area contributed by atoms with E-state index < -0.39 is 0 Å². The van der Waals surface area contributed by atoms with Crippen molar-refractivity contribution >= 4 is 5.84 Å². The zero-order valence-electron chi connectivity index (χ0n) is 6.63. The van der Waals surface area contributed by atoms with Gasteiger partial charge in [-0.05, 0) is 0 Å². The highest BCUT2D eigenvalue weighted by atomic mass is 15.9. The smallest absolute Gasteiger partial charge is 0.167 e. The maximum atomic E-state index is 5.16. The number of nitrogens with two attached hydrogens (primary N) is 2. The highest BCUT2D eigenvalue weighted by Gasteiger charge is 2.08. The Morgan fingerprint density at radius 3 is 2.83 bits per heavy atom. The molecule has 0 aromatic rings. The van der Waals surface area contributed by atoms with Gasteiger partial charge in [-0.1, -0.05) is 0 Å². The molecular weight excluding hydrogens is 160 g/mol. The number of amidine groups is 1. The molecule has 0 atom stereocenters.